The summed E-state index contributed by atoms with van der Waals surface area (Å²) in [5.74, 6) is -0.455. The maximum atomic E-state index is 12.4. The molecule has 0 unspecified atom stereocenters. The predicted octanol–water partition coefficient (Wildman–Crippen LogP) is 2.56. The van der Waals surface area contributed by atoms with Gasteiger partial charge in [-0.05, 0) is 40.9 Å². The van der Waals surface area contributed by atoms with E-state index in [2.05, 4.69) is 21.2 Å². The molecule has 20 heavy (non-hydrogen) atoms. The van der Waals surface area contributed by atoms with E-state index in [-0.39, 0.29) is 18.2 Å². The molecule has 0 aromatic carbocycles. The van der Waals surface area contributed by atoms with Crippen LogP contribution in [0.15, 0.2) is 15.9 Å². The van der Waals surface area contributed by atoms with Crippen LogP contribution in [0.25, 0.3) is 0 Å². The van der Waals surface area contributed by atoms with Gasteiger partial charge in [-0.3, -0.25) is 14.5 Å². The van der Waals surface area contributed by atoms with E-state index in [1.54, 1.807) is 12.1 Å². The number of nitrogens with zero attached hydrogens (tertiary/aromatic N) is 1. The van der Waals surface area contributed by atoms with Crippen molar-refractivity contribution in [2.45, 2.75) is 31.2 Å². The van der Waals surface area contributed by atoms with Crippen molar-refractivity contribution in [3.05, 3.63) is 20.8 Å². The first-order valence-corrected chi connectivity index (χ1v) is 8.05. The molecule has 0 radical (unpaired) electrons. The molecule has 0 bridgehead atoms. The van der Waals surface area contributed by atoms with E-state index in [0.29, 0.717) is 17.7 Å². The van der Waals surface area contributed by atoms with Gasteiger partial charge in [-0.25, -0.2) is 4.79 Å². The number of Topliss-reactive ketones (excluding diaryl/α,β-unsaturated/α-hetero) is 1. The molecular formula is C13H13BrN2O3S. The summed E-state index contributed by atoms with van der Waals surface area (Å²) in [5.41, 5.74) is -0.743. The van der Waals surface area contributed by atoms with Crippen LogP contribution >= 0.6 is 27.3 Å². The van der Waals surface area contributed by atoms with Crippen LogP contribution in [0.2, 0.25) is 0 Å². The fraction of sp³-hybridized carbons (Fsp3) is 0.462. The highest BCUT2D eigenvalue weighted by atomic mass is 79.9. The molecule has 106 valence electrons. The lowest BCUT2D eigenvalue weighted by Gasteiger charge is -2.19. The Morgan fingerprint density at radius 2 is 2.05 bits per heavy atom. The lowest BCUT2D eigenvalue weighted by atomic mass is 9.98. The molecule has 1 aliphatic carbocycles. The van der Waals surface area contributed by atoms with Crippen molar-refractivity contribution in [3.63, 3.8) is 0 Å². The molecule has 3 rings (SSSR count). The normalized spacial score (nSPS) is 20.8. The number of amides is 3. The molecule has 1 saturated heterocycles. The zero-order valence-corrected chi connectivity index (χ0v) is 13.1. The SMILES string of the molecule is O=C(CN1C(=O)NC2(CCCC2)C1=O)c1ccc(Br)s1. The fourth-order valence-corrected chi connectivity index (χ4v) is 4.14. The van der Waals surface area contributed by atoms with Crippen LogP contribution in [-0.2, 0) is 4.79 Å². The number of hydrogen-bond donors (Lipinski definition) is 1. The standard InChI is InChI=1S/C13H13BrN2O3S/c14-10-4-3-9(20-10)8(17)7-16-11(18)13(15-12(16)19)5-1-2-6-13/h3-4H,1-2,5-7H2,(H,15,19). The molecule has 2 fully saturated rings. The Morgan fingerprint density at radius 1 is 1.35 bits per heavy atom. The molecule has 0 atom stereocenters. The van der Waals surface area contributed by atoms with Crippen LogP contribution < -0.4 is 5.32 Å². The number of carbonyl (C=O) groups is 3. The lowest BCUT2D eigenvalue weighted by molar-refractivity contribution is -0.130. The monoisotopic (exact) mass is 356 g/mol. The highest BCUT2D eigenvalue weighted by Gasteiger charge is 2.52. The number of rotatable bonds is 3. The van der Waals surface area contributed by atoms with Gasteiger partial charge in [0.1, 0.15) is 5.54 Å². The van der Waals surface area contributed by atoms with Gasteiger partial charge in [-0.2, -0.15) is 0 Å². The second kappa shape index (κ2) is 4.96. The van der Waals surface area contributed by atoms with Crippen LogP contribution in [-0.4, -0.2) is 34.7 Å². The first-order chi connectivity index (χ1) is 9.52. The summed E-state index contributed by atoms with van der Waals surface area (Å²) in [6.07, 6.45) is 3.22. The topological polar surface area (TPSA) is 66.5 Å². The molecule has 1 aromatic rings. The molecule has 1 N–H and O–H groups in total. The Hall–Kier alpha value is -1.21. The number of carbonyl (C=O) groups excluding carboxylic acids is 3. The molecule has 2 heterocycles. The van der Waals surface area contributed by atoms with Crippen LogP contribution in [0.4, 0.5) is 4.79 Å². The minimum absolute atomic E-state index is 0.181. The van der Waals surface area contributed by atoms with Crippen LogP contribution in [0.5, 0.6) is 0 Å². The fourth-order valence-electron chi connectivity index (χ4n) is 2.82. The van der Waals surface area contributed by atoms with Crippen LogP contribution in [0, 0.1) is 0 Å². The van der Waals surface area contributed by atoms with Gasteiger partial charge >= 0.3 is 6.03 Å². The average Bonchev–Trinajstić information content (AvgIpc) is 3.08. The van der Waals surface area contributed by atoms with Crippen molar-refractivity contribution in [1.29, 1.82) is 0 Å². The van der Waals surface area contributed by atoms with Crippen molar-refractivity contribution < 1.29 is 14.4 Å². The maximum absolute atomic E-state index is 12.4. The summed E-state index contributed by atoms with van der Waals surface area (Å²) in [7, 11) is 0. The number of thiophene rings is 1. The van der Waals surface area contributed by atoms with Crippen molar-refractivity contribution in [1.82, 2.24) is 10.2 Å². The van der Waals surface area contributed by atoms with Crippen molar-refractivity contribution in [2.24, 2.45) is 0 Å². The minimum atomic E-state index is -0.743. The summed E-state index contributed by atoms with van der Waals surface area (Å²) in [6, 6.07) is 3.03. The van der Waals surface area contributed by atoms with E-state index in [4.69, 9.17) is 0 Å². The molecule has 1 aliphatic heterocycles. The maximum Gasteiger partial charge on any atom is 0.325 e. The largest absolute Gasteiger partial charge is 0.325 e. The van der Waals surface area contributed by atoms with E-state index in [9.17, 15) is 14.4 Å². The van der Waals surface area contributed by atoms with Gasteiger partial charge in [0.25, 0.3) is 5.91 Å². The summed E-state index contributed by atoms with van der Waals surface area (Å²) >= 11 is 4.59. The lowest BCUT2D eigenvalue weighted by Crippen LogP contribution is -2.44. The summed E-state index contributed by atoms with van der Waals surface area (Å²) in [4.78, 5) is 38.1. The van der Waals surface area contributed by atoms with Gasteiger partial charge in [-0.1, -0.05) is 12.8 Å². The first kappa shape index (κ1) is 13.8. The predicted molar refractivity (Wildman–Crippen MR) is 77.8 cm³/mol. The molecule has 1 saturated carbocycles. The third-order valence-corrected chi connectivity index (χ3v) is 5.52. The van der Waals surface area contributed by atoms with Crippen molar-refractivity contribution in [2.75, 3.05) is 6.54 Å². The summed E-state index contributed by atoms with van der Waals surface area (Å²) in [5, 5.41) is 2.77. The zero-order chi connectivity index (χ0) is 14.3. The van der Waals surface area contributed by atoms with Gasteiger partial charge in [-0.15, -0.1) is 11.3 Å². The summed E-state index contributed by atoms with van der Waals surface area (Å²) < 4.78 is 0.852. The second-order valence-electron chi connectivity index (χ2n) is 5.14. The quantitative estimate of drug-likeness (QED) is 0.668. The Kier molecular flexibility index (Phi) is 3.41. The second-order valence-corrected chi connectivity index (χ2v) is 7.60. The van der Waals surface area contributed by atoms with E-state index in [1.165, 1.54) is 11.3 Å². The van der Waals surface area contributed by atoms with Gasteiger partial charge in [0.2, 0.25) is 0 Å². The van der Waals surface area contributed by atoms with E-state index < -0.39 is 11.6 Å². The Labute approximate surface area is 128 Å². The van der Waals surface area contributed by atoms with Gasteiger partial charge in [0, 0.05) is 0 Å². The first-order valence-electron chi connectivity index (χ1n) is 6.44. The van der Waals surface area contributed by atoms with Gasteiger partial charge < -0.3 is 5.32 Å². The number of halogens is 1. The number of hydrogen-bond acceptors (Lipinski definition) is 4. The average molecular weight is 357 g/mol. The Balaban J connectivity index is 1.76. The van der Waals surface area contributed by atoms with Crippen LogP contribution in [0.3, 0.4) is 0 Å². The summed E-state index contributed by atoms with van der Waals surface area (Å²) in [6.45, 7) is -0.181. The molecular weight excluding hydrogens is 344 g/mol. The molecule has 2 aliphatic rings. The van der Waals surface area contributed by atoms with E-state index in [1.807, 2.05) is 0 Å². The molecule has 5 nitrogen and oxygen atoms in total. The number of ketones is 1. The highest BCUT2D eigenvalue weighted by molar-refractivity contribution is 9.11. The van der Waals surface area contributed by atoms with Crippen LogP contribution in [0.1, 0.15) is 35.4 Å². The third kappa shape index (κ3) is 2.18. The smallest absolute Gasteiger partial charge is 0.323 e. The van der Waals surface area contributed by atoms with E-state index >= 15 is 0 Å². The van der Waals surface area contributed by atoms with Gasteiger partial charge in [0.15, 0.2) is 5.78 Å². The number of nitrogens with one attached hydrogen (secondary N) is 1. The number of imide groups is 1. The molecule has 1 aromatic heterocycles. The molecule has 7 heteroatoms. The minimum Gasteiger partial charge on any atom is -0.323 e. The van der Waals surface area contributed by atoms with Gasteiger partial charge in [0.05, 0.1) is 15.2 Å². The molecule has 3 amide bonds. The third-order valence-electron chi connectivity index (χ3n) is 3.85. The zero-order valence-electron chi connectivity index (χ0n) is 10.6. The highest BCUT2D eigenvalue weighted by Crippen LogP contribution is 2.35. The molecule has 1 spiro atoms. The van der Waals surface area contributed by atoms with Crippen molar-refractivity contribution in [3.8, 4) is 0 Å². The van der Waals surface area contributed by atoms with Crippen molar-refractivity contribution >= 4 is 45.0 Å². The van der Waals surface area contributed by atoms with E-state index in [0.717, 1.165) is 21.5 Å². The Bertz CT molecular complexity index is 592. The number of urea groups is 1. The Morgan fingerprint density at radius 3 is 2.65 bits per heavy atom.